The van der Waals surface area contributed by atoms with Crippen molar-refractivity contribution in [3.63, 3.8) is 0 Å². The first-order chi connectivity index (χ1) is 13.5. The van der Waals surface area contributed by atoms with E-state index in [1.165, 1.54) is 20.3 Å². The fourth-order valence-corrected chi connectivity index (χ4v) is 4.28. The van der Waals surface area contributed by atoms with Gasteiger partial charge in [-0.25, -0.2) is 13.1 Å². The molecule has 0 saturated carbocycles. The van der Waals surface area contributed by atoms with Crippen molar-refractivity contribution >= 4 is 15.7 Å². The Hall–Kier alpha value is -2.29. The summed E-state index contributed by atoms with van der Waals surface area (Å²) in [5.41, 5.74) is 2.23. The molecule has 28 heavy (non-hydrogen) atoms. The molecule has 1 aliphatic heterocycles. The number of morpholine rings is 1. The topological polar surface area (TPSA) is 77.1 Å². The molecule has 1 N–H and O–H groups in total. The van der Waals surface area contributed by atoms with E-state index in [1.54, 1.807) is 12.1 Å². The summed E-state index contributed by atoms with van der Waals surface area (Å²) in [4.78, 5) is 2.38. The van der Waals surface area contributed by atoms with Crippen molar-refractivity contribution < 1.29 is 22.6 Å². The molecule has 7 nitrogen and oxygen atoms in total. The number of methoxy groups -OCH3 is 2. The summed E-state index contributed by atoms with van der Waals surface area (Å²) in [5.74, 6) is 0.790. The Kier molecular flexibility index (Phi) is 6.77. The van der Waals surface area contributed by atoms with Gasteiger partial charge in [0.05, 0.1) is 27.4 Å². The second-order valence-electron chi connectivity index (χ2n) is 6.43. The first kappa shape index (κ1) is 20.4. The monoisotopic (exact) mass is 406 g/mol. The molecule has 1 aliphatic rings. The molecule has 2 aromatic carbocycles. The Morgan fingerprint density at radius 3 is 2.39 bits per heavy atom. The van der Waals surface area contributed by atoms with E-state index in [1.807, 2.05) is 12.1 Å². The van der Waals surface area contributed by atoms with Crippen LogP contribution in [0.1, 0.15) is 5.56 Å². The van der Waals surface area contributed by atoms with Crippen molar-refractivity contribution in [3.8, 4) is 11.5 Å². The Bertz CT molecular complexity index is 878. The predicted molar refractivity (Wildman–Crippen MR) is 108 cm³/mol. The average Bonchev–Trinajstić information content (AvgIpc) is 2.74. The van der Waals surface area contributed by atoms with Crippen molar-refractivity contribution in [2.24, 2.45) is 0 Å². The highest BCUT2D eigenvalue weighted by Crippen LogP contribution is 2.28. The molecule has 1 fully saturated rings. The fraction of sp³-hybridized carbons (Fsp3) is 0.400. The van der Waals surface area contributed by atoms with Crippen LogP contribution in [-0.2, 0) is 21.2 Å². The smallest absolute Gasteiger partial charge is 0.244 e. The predicted octanol–water partition coefficient (Wildman–Crippen LogP) is 2.06. The minimum Gasteiger partial charge on any atom is -0.497 e. The molecule has 0 bridgehead atoms. The standard InChI is InChI=1S/C20H26N2O5S/c1-25-18-7-8-20(19(15-18)26-2)28(23,24)21-10-9-16-3-5-17(6-4-16)22-11-13-27-14-12-22/h3-8,15,21H,9-14H2,1-2H3. The van der Waals surface area contributed by atoms with Crippen LogP contribution in [0, 0.1) is 0 Å². The number of rotatable bonds is 8. The maximum absolute atomic E-state index is 12.6. The van der Waals surface area contributed by atoms with Gasteiger partial charge < -0.3 is 19.1 Å². The number of nitrogens with zero attached hydrogens (tertiary/aromatic N) is 1. The highest BCUT2D eigenvalue weighted by Gasteiger charge is 2.19. The molecular weight excluding hydrogens is 380 g/mol. The first-order valence-electron chi connectivity index (χ1n) is 9.17. The summed E-state index contributed by atoms with van der Waals surface area (Å²) in [6.07, 6.45) is 0.598. The third kappa shape index (κ3) is 4.95. The van der Waals surface area contributed by atoms with Gasteiger partial charge in [0, 0.05) is 31.4 Å². The molecule has 0 radical (unpaired) electrons. The zero-order valence-corrected chi connectivity index (χ0v) is 17.0. The summed E-state index contributed by atoms with van der Waals surface area (Å²) in [6, 6.07) is 12.8. The van der Waals surface area contributed by atoms with Gasteiger partial charge >= 0.3 is 0 Å². The Morgan fingerprint density at radius 2 is 1.75 bits per heavy atom. The van der Waals surface area contributed by atoms with Crippen LogP contribution < -0.4 is 19.1 Å². The number of hydrogen-bond acceptors (Lipinski definition) is 6. The summed E-state index contributed by atoms with van der Waals surface area (Å²) < 4.78 is 43.5. The quantitative estimate of drug-likeness (QED) is 0.723. The molecule has 0 atom stereocenters. The Labute approximate surface area is 166 Å². The highest BCUT2D eigenvalue weighted by atomic mass is 32.2. The molecule has 0 unspecified atom stereocenters. The van der Waals surface area contributed by atoms with Gasteiger partial charge in [-0.3, -0.25) is 0 Å². The van der Waals surface area contributed by atoms with Crippen molar-refractivity contribution in [1.82, 2.24) is 4.72 Å². The van der Waals surface area contributed by atoms with Gasteiger partial charge in [0.1, 0.15) is 16.4 Å². The van der Waals surface area contributed by atoms with E-state index >= 15 is 0 Å². The zero-order chi connectivity index (χ0) is 20.0. The van der Waals surface area contributed by atoms with Crippen LogP contribution in [0.25, 0.3) is 0 Å². The maximum atomic E-state index is 12.6. The van der Waals surface area contributed by atoms with Crippen LogP contribution >= 0.6 is 0 Å². The van der Waals surface area contributed by atoms with Crippen LogP contribution in [0.15, 0.2) is 47.4 Å². The van der Waals surface area contributed by atoms with Gasteiger partial charge in [0.2, 0.25) is 10.0 Å². The lowest BCUT2D eigenvalue weighted by Gasteiger charge is -2.28. The Morgan fingerprint density at radius 1 is 1.04 bits per heavy atom. The second-order valence-corrected chi connectivity index (χ2v) is 8.17. The van der Waals surface area contributed by atoms with Crippen LogP contribution in [0.4, 0.5) is 5.69 Å². The molecule has 3 rings (SSSR count). The molecular formula is C20H26N2O5S. The SMILES string of the molecule is COc1ccc(S(=O)(=O)NCCc2ccc(N3CCOCC3)cc2)c(OC)c1. The summed E-state index contributed by atoms with van der Waals surface area (Å²) in [7, 11) is -0.722. The van der Waals surface area contributed by atoms with E-state index < -0.39 is 10.0 Å². The van der Waals surface area contributed by atoms with E-state index in [9.17, 15) is 8.42 Å². The van der Waals surface area contributed by atoms with E-state index in [2.05, 4.69) is 21.8 Å². The molecule has 0 aromatic heterocycles. The van der Waals surface area contributed by atoms with Gasteiger partial charge in [-0.1, -0.05) is 12.1 Å². The summed E-state index contributed by atoms with van der Waals surface area (Å²) >= 11 is 0. The van der Waals surface area contributed by atoms with Crippen molar-refractivity contribution in [2.45, 2.75) is 11.3 Å². The van der Waals surface area contributed by atoms with Gasteiger partial charge in [0.25, 0.3) is 0 Å². The minimum absolute atomic E-state index is 0.0958. The van der Waals surface area contributed by atoms with Crippen LogP contribution in [-0.4, -0.2) is 55.5 Å². The average molecular weight is 407 g/mol. The van der Waals surface area contributed by atoms with Crippen LogP contribution in [0.5, 0.6) is 11.5 Å². The molecule has 1 heterocycles. The molecule has 8 heteroatoms. The van der Waals surface area contributed by atoms with E-state index in [4.69, 9.17) is 14.2 Å². The first-order valence-corrected chi connectivity index (χ1v) is 10.6. The molecule has 2 aromatic rings. The molecule has 0 spiro atoms. The van der Waals surface area contributed by atoms with Gasteiger partial charge in [-0.15, -0.1) is 0 Å². The number of nitrogens with one attached hydrogen (secondary N) is 1. The number of benzene rings is 2. The Balaban J connectivity index is 1.59. The van der Waals surface area contributed by atoms with Crippen molar-refractivity contribution in [3.05, 3.63) is 48.0 Å². The lowest BCUT2D eigenvalue weighted by Crippen LogP contribution is -2.36. The zero-order valence-electron chi connectivity index (χ0n) is 16.2. The lowest BCUT2D eigenvalue weighted by atomic mass is 10.1. The fourth-order valence-electron chi connectivity index (χ4n) is 3.10. The van der Waals surface area contributed by atoms with Gasteiger partial charge in [0.15, 0.2) is 0 Å². The highest BCUT2D eigenvalue weighted by molar-refractivity contribution is 7.89. The third-order valence-electron chi connectivity index (χ3n) is 4.68. The van der Waals surface area contributed by atoms with E-state index in [0.717, 1.165) is 37.6 Å². The van der Waals surface area contributed by atoms with Gasteiger partial charge in [-0.2, -0.15) is 0 Å². The van der Waals surface area contributed by atoms with E-state index in [-0.39, 0.29) is 10.6 Å². The van der Waals surface area contributed by atoms with Gasteiger partial charge in [-0.05, 0) is 36.2 Å². The molecule has 0 aliphatic carbocycles. The molecule has 0 amide bonds. The van der Waals surface area contributed by atoms with Crippen molar-refractivity contribution in [2.75, 3.05) is 52.0 Å². The molecule has 1 saturated heterocycles. The molecule has 152 valence electrons. The summed E-state index contributed by atoms with van der Waals surface area (Å²) in [6.45, 7) is 3.58. The van der Waals surface area contributed by atoms with Crippen LogP contribution in [0.3, 0.4) is 0 Å². The normalized spacial score (nSPS) is 14.7. The van der Waals surface area contributed by atoms with E-state index in [0.29, 0.717) is 18.7 Å². The second kappa shape index (κ2) is 9.27. The number of hydrogen-bond donors (Lipinski definition) is 1. The number of ether oxygens (including phenoxy) is 3. The third-order valence-corrected chi connectivity index (χ3v) is 6.18. The number of anilines is 1. The number of sulfonamides is 1. The summed E-state index contributed by atoms with van der Waals surface area (Å²) in [5, 5.41) is 0. The van der Waals surface area contributed by atoms with Crippen LogP contribution in [0.2, 0.25) is 0 Å². The largest absolute Gasteiger partial charge is 0.497 e. The van der Waals surface area contributed by atoms with Crippen molar-refractivity contribution in [1.29, 1.82) is 0 Å². The maximum Gasteiger partial charge on any atom is 0.244 e. The lowest BCUT2D eigenvalue weighted by molar-refractivity contribution is 0.122. The minimum atomic E-state index is -3.68.